The van der Waals surface area contributed by atoms with Crippen molar-refractivity contribution in [2.24, 2.45) is 0 Å². The van der Waals surface area contributed by atoms with Gasteiger partial charge in [0.1, 0.15) is 11.6 Å². The third-order valence-corrected chi connectivity index (χ3v) is 3.31. The molecule has 3 heteroatoms. The highest BCUT2D eigenvalue weighted by Gasteiger charge is 2.07. The van der Waals surface area contributed by atoms with Crippen LogP contribution in [0.3, 0.4) is 0 Å². The van der Waals surface area contributed by atoms with Crippen molar-refractivity contribution in [3.63, 3.8) is 0 Å². The standard InChI is InChI=1S/C17H17FO2/c1-12-4-3-5-17(13(12)2)20-11-10-16(19)14-6-8-15(18)9-7-14/h3-9H,10-11H2,1-2H3. The molecule has 0 spiro atoms. The van der Waals surface area contributed by atoms with Crippen LogP contribution in [0.1, 0.15) is 27.9 Å². The molecule has 0 aliphatic heterocycles. The van der Waals surface area contributed by atoms with Gasteiger partial charge in [0, 0.05) is 12.0 Å². The molecule has 0 aliphatic carbocycles. The first kappa shape index (κ1) is 14.3. The highest BCUT2D eigenvalue weighted by atomic mass is 19.1. The molecule has 0 atom stereocenters. The number of halogens is 1. The molecular formula is C17H17FO2. The van der Waals surface area contributed by atoms with Crippen molar-refractivity contribution in [2.75, 3.05) is 6.61 Å². The average Bonchev–Trinajstić information content (AvgIpc) is 2.44. The third kappa shape index (κ3) is 3.44. The van der Waals surface area contributed by atoms with Gasteiger partial charge in [0.05, 0.1) is 6.61 Å². The molecule has 2 aromatic carbocycles. The summed E-state index contributed by atoms with van der Waals surface area (Å²) in [6, 6.07) is 11.4. The van der Waals surface area contributed by atoms with Gasteiger partial charge in [0.15, 0.2) is 5.78 Å². The Morgan fingerprint density at radius 2 is 1.80 bits per heavy atom. The summed E-state index contributed by atoms with van der Waals surface area (Å²) in [5.41, 5.74) is 2.75. The Hall–Kier alpha value is -2.16. The van der Waals surface area contributed by atoms with E-state index in [0.717, 1.165) is 16.9 Å². The molecule has 20 heavy (non-hydrogen) atoms. The van der Waals surface area contributed by atoms with Crippen molar-refractivity contribution in [3.8, 4) is 5.75 Å². The maximum absolute atomic E-state index is 12.8. The number of hydrogen-bond acceptors (Lipinski definition) is 2. The van der Waals surface area contributed by atoms with Gasteiger partial charge in [-0.25, -0.2) is 4.39 Å². The topological polar surface area (TPSA) is 26.3 Å². The summed E-state index contributed by atoms with van der Waals surface area (Å²) in [5.74, 6) is 0.417. The Bertz CT molecular complexity index is 603. The van der Waals surface area contributed by atoms with Crippen LogP contribution < -0.4 is 4.74 Å². The van der Waals surface area contributed by atoms with Crippen LogP contribution in [0.25, 0.3) is 0 Å². The molecule has 0 amide bonds. The molecule has 2 nitrogen and oxygen atoms in total. The Kier molecular flexibility index (Phi) is 4.51. The summed E-state index contributed by atoms with van der Waals surface area (Å²) in [5, 5.41) is 0. The Labute approximate surface area is 118 Å². The van der Waals surface area contributed by atoms with Gasteiger partial charge in [-0.3, -0.25) is 4.79 Å². The minimum atomic E-state index is -0.340. The van der Waals surface area contributed by atoms with Gasteiger partial charge in [-0.1, -0.05) is 12.1 Å². The van der Waals surface area contributed by atoms with Crippen LogP contribution in [-0.2, 0) is 0 Å². The van der Waals surface area contributed by atoms with Crippen LogP contribution in [-0.4, -0.2) is 12.4 Å². The lowest BCUT2D eigenvalue weighted by atomic mass is 10.1. The average molecular weight is 272 g/mol. The summed E-state index contributed by atoms with van der Waals surface area (Å²) in [7, 11) is 0. The van der Waals surface area contributed by atoms with Gasteiger partial charge < -0.3 is 4.74 Å². The maximum Gasteiger partial charge on any atom is 0.166 e. The normalized spacial score (nSPS) is 10.3. The molecule has 0 aliphatic rings. The summed E-state index contributed by atoms with van der Waals surface area (Å²) in [4.78, 5) is 11.9. The van der Waals surface area contributed by atoms with Crippen molar-refractivity contribution >= 4 is 5.78 Å². The number of hydrogen-bond donors (Lipinski definition) is 0. The zero-order valence-corrected chi connectivity index (χ0v) is 11.7. The van der Waals surface area contributed by atoms with Crippen LogP contribution in [0.5, 0.6) is 5.75 Å². The summed E-state index contributed by atoms with van der Waals surface area (Å²) in [6.45, 7) is 4.33. The van der Waals surface area contributed by atoms with Crippen molar-refractivity contribution in [1.29, 1.82) is 0 Å². The first-order valence-corrected chi connectivity index (χ1v) is 6.55. The second-order valence-corrected chi connectivity index (χ2v) is 4.73. The number of carbonyl (C=O) groups excluding carboxylic acids is 1. The van der Waals surface area contributed by atoms with Gasteiger partial charge in [-0.05, 0) is 55.3 Å². The predicted octanol–water partition coefficient (Wildman–Crippen LogP) is 4.09. The van der Waals surface area contributed by atoms with Gasteiger partial charge in [-0.2, -0.15) is 0 Å². The molecule has 2 rings (SSSR count). The monoisotopic (exact) mass is 272 g/mol. The van der Waals surface area contributed by atoms with Gasteiger partial charge in [0.2, 0.25) is 0 Å². The van der Waals surface area contributed by atoms with E-state index >= 15 is 0 Å². The van der Waals surface area contributed by atoms with E-state index in [-0.39, 0.29) is 18.0 Å². The second-order valence-electron chi connectivity index (χ2n) is 4.73. The van der Waals surface area contributed by atoms with E-state index < -0.39 is 0 Å². The first-order valence-electron chi connectivity index (χ1n) is 6.55. The van der Waals surface area contributed by atoms with E-state index in [2.05, 4.69) is 0 Å². The second kappa shape index (κ2) is 6.33. The fourth-order valence-electron chi connectivity index (χ4n) is 1.91. The van der Waals surface area contributed by atoms with E-state index in [1.165, 1.54) is 24.3 Å². The minimum absolute atomic E-state index is 0.0460. The lowest BCUT2D eigenvalue weighted by Crippen LogP contribution is -2.07. The van der Waals surface area contributed by atoms with Crippen LogP contribution in [0.2, 0.25) is 0 Å². The summed E-state index contributed by atoms with van der Waals surface area (Å²) >= 11 is 0. The van der Waals surface area contributed by atoms with E-state index in [1.807, 2.05) is 32.0 Å². The zero-order chi connectivity index (χ0) is 14.5. The predicted molar refractivity (Wildman–Crippen MR) is 76.8 cm³/mol. The van der Waals surface area contributed by atoms with E-state index in [9.17, 15) is 9.18 Å². The number of benzene rings is 2. The lowest BCUT2D eigenvalue weighted by Gasteiger charge is -2.10. The van der Waals surface area contributed by atoms with Crippen LogP contribution in [0.15, 0.2) is 42.5 Å². The molecule has 0 heterocycles. The fourth-order valence-corrected chi connectivity index (χ4v) is 1.91. The smallest absolute Gasteiger partial charge is 0.166 e. The maximum atomic E-state index is 12.8. The van der Waals surface area contributed by atoms with Crippen molar-refractivity contribution < 1.29 is 13.9 Å². The van der Waals surface area contributed by atoms with E-state index in [4.69, 9.17) is 4.74 Å². The highest BCUT2D eigenvalue weighted by Crippen LogP contribution is 2.20. The number of ketones is 1. The molecule has 0 saturated carbocycles. The van der Waals surface area contributed by atoms with Crippen molar-refractivity contribution in [2.45, 2.75) is 20.3 Å². The number of carbonyl (C=O) groups is 1. The molecule has 0 radical (unpaired) electrons. The number of ether oxygens (including phenoxy) is 1. The van der Waals surface area contributed by atoms with Crippen LogP contribution in [0, 0.1) is 19.7 Å². The molecule has 104 valence electrons. The quantitative estimate of drug-likeness (QED) is 0.766. The SMILES string of the molecule is Cc1cccc(OCCC(=O)c2ccc(F)cc2)c1C. The molecule has 0 saturated heterocycles. The van der Waals surface area contributed by atoms with Crippen molar-refractivity contribution in [3.05, 3.63) is 65.0 Å². The third-order valence-electron chi connectivity index (χ3n) is 3.31. The number of Topliss-reactive ketones (excluding diaryl/α,β-unsaturated/α-hetero) is 1. The van der Waals surface area contributed by atoms with Crippen LogP contribution in [0.4, 0.5) is 4.39 Å². The largest absolute Gasteiger partial charge is 0.493 e. The van der Waals surface area contributed by atoms with Gasteiger partial charge in [-0.15, -0.1) is 0 Å². The molecule has 2 aromatic rings. The van der Waals surface area contributed by atoms with E-state index in [0.29, 0.717) is 12.2 Å². The lowest BCUT2D eigenvalue weighted by molar-refractivity contribution is 0.0962. The summed E-state index contributed by atoms with van der Waals surface area (Å²) in [6.07, 6.45) is 0.277. The highest BCUT2D eigenvalue weighted by molar-refractivity contribution is 5.96. The molecule has 0 fully saturated rings. The molecule has 0 N–H and O–H groups in total. The Balaban J connectivity index is 1.91. The Morgan fingerprint density at radius 3 is 2.50 bits per heavy atom. The molecule has 0 unspecified atom stereocenters. The number of aryl methyl sites for hydroxylation is 1. The minimum Gasteiger partial charge on any atom is -0.493 e. The zero-order valence-electron chi connectivity index (χ0n) is 11.7. The summed E-state index contributed by atoms with van der Waals surface area (Å²) < 4.78 is 18.4. The van der Waals surface area contributed by atoms with Crippen molar-refractivity contribution in [1.82, 2.24) is 0 Å². The van der Waals surface area contributed by atoms with Gasteiger partial charge >= 0.3 is 0 Å². The molecular weight excluding hydrogens is 255 g/mol. The fraction of sp³-hybridized carbons (Fsp3) is 0.235. The van der Waals surface area contributed by atoms with Gasteiger partial charge in [0.25, 0.3) is 0 Å². The molecule has 0 aromatic heterocycles. The number of rotatable bonds is 5. The molecule has 0 bridgehead atoms. The Morgan fingerprint density at radius 1 is 1.10 bits per heavy atom. The van der Waals surface area contributed by atoms with Crippen LogP contribution >= 0.6 is 0 Å². The first-order chi connectivity index (χ1) is 9.58. The van der Waals surface area contributed by atoms with E-state index in [1.54, 1.807) is 0 Å².